The maximum Gasteiger partial charge on any atom is 0.103 e. The van der Waals surface area contributed by atoms with Gasteiger partial charge in [0.15, 0.2) is 0 Å². The normalized spacial score (nSPS) is 13.1. The molecule has 0 heterocycles. The number of benzene rings is 5. The Balaban J connectivity index is 1.55. The first-order valence-corrected chi connectivity index (χ1v) is 14.4. The van der Waals surface area contributed by atoms with Crippen molar-refractivity contribution >= 4 is 18.8 Å². The molecule has 0 fully saturated rings. The molecule has 5 aromatic rings. The van der Waals surface area contributed by atoms with Crippen molar-refractivity contribution in [1.29, 1.82) is 0 Å². The van der Waals surface area contributed by atoms with Gasteiger partial charge in [0.2, 0.25) is 0 Å². The maximum absolute atomic E-state index is 7.24. The minimum atomic E-state index is -1.03. The summed E-state index contributed by atoms with van der Waals surface area (Å²) in [4.78, 5) is 2.46. The first kappa shape index (κ1) is 26.1. The molecule has 5 rings (SSSR count). The maximum atomic E-state index is 7.24. The quantitative estimate of drug-likeness (QED) is 0.175. The Bertz CT molecular complexity index is 1290. The van der Waals surface area contributed by atoms with Gasteiger partial charge in [-0.15, -0.1) is 0 Å². The molecule has 0 radical (unpaired) electrons. The molecule has 3 heteroatoms. The molecule has 0 aromatic heterocycles. The fourth-order valence-corrected chi connectivity index (χ4v) is 6.92. The Labute approximate surface area is 228 Å². The number of nitrogens with zero attached hydrogens (tertiary/aromatic N) is 1. The third kappa shape index (κ3) is 6.11. The number of hydrogen-bond acceptors (Lipinski definition) is 2. The second-order valence-electron chi connectivity index (χ2n) is 9.53. The summed E-state index contributed by atoms with van der Waals surface area (Å²) in [5.74, 6) is 0. The molecule has 5 aromatic carbocycles. The van der Waals surface area contributed by atoms with E-state index in [-0.39, 0.29) is 18.2 Å². The molecule has 38 heavy (non-hydrogen) atoms. The van der Waals surface area contributed by atoms with E-state index in [1.54, 1.807) is 0 Å². The van der Waals surface area contributed by atoms with E-state index >= 15 is 0 Å². The summed E-state index contributed by atoms with van der Waals surface area (Å²) in [5, 5.41) is 2.43. The van der Waals surface area contributed by atoms with Gasteiger partial charge in [-0.05, 0) is 30.7 Å². The van der Waals surface area contributed by atoms with Crippen LogP contribution in [0.3, 0.4) is 0 Å². The molecule has 0 unspecified atom stereocenters. The Morgan fingerprint density at radius 1 is 0.500 bits per heavy atom. The number of hydrogen-bond donors (Lipinski definition) is 0. The summed E-state index contributed by atoms with van der Waals surface area (Å²) in [6.07, 6.45) is -0.136. The zero-order valence-corrected chi connectivity index (χ0v) is 22.9. The van der Waals surface area contributed by atoms with Crippen molar-refractivity contribution in [3.05, 3.63) is 168 Å². The van der Waals surface area contributed by atoms with Gasteiger partial charge in [-0.1, -0.05) is 152 Å². The fraction of sp³-hybridized carbons (Fsp3) is 0.143. The van der Waals surface area contributed by atoms with E-state index in [4.69, 9.17) is 4.52 Å². The van der Waals surface area contributed by atoms with E-state index in [9.17, 15) is 0 Å². The smallest absolute Gasteiger partial charge is 0.103 e. The second kappa shape index (κ2) is 12.8. The molecule has 0 bridgehead atoms. The van der Waals surface area contributed by atoms with E-state index < -0.39 is 8.15 Å². The molecule has 2 atom stereocenters. The molecular weight excluding hydrogens is 481 g/mol. The summed E-state index contributed by atoms with van der Waals surface area (Å²) >= 11 is 0. The molecular formula is C35H34NOP. The molecule has 0 amide bonds. The van der Waals surface area contributed by atoms with Crippen LogP contribution in [0.15, 0.2) is 152 Å². The van der Waals surface area contributed by atoms with Gasteiger partial charge in [0, 0.05) is 16.7 Å². The monoisotopic (exact) mass is 515 g/mol. The highest BCUT2D eigenvalue weighted by atomic mass is 31.1. The first-order chi connectivity index (χ1) is 18.7. The standard InChI is InChI=1S/C35H34NOP/c1-28(36(2)34(29-18-8-3-9-19-29)30-20-10-4-11-21-30)35(31-22-12-5-13-23-31)37-38(32-24-14-6-15-25-32)33-26-16-7-17-27-33/h3-28,34-35H,1-2H3/t28-,35-/m0/s1. The third-order valence-corrected chi connectivity index (χ3v) is 9.02. The van der Waals surface area contributed by atoms with Crippen LogP contribution in [0.25, 0.3) is 0 Å². The van der Waals surface area contributed by atoms with Gasteiger partial charge in [-0.2, -0.15) is 0 Å². The molecule has 0 saturated heterocycles. The van der Waals surface area contributed by atoms with Crippen molar-refractivity contribution in [3.8, 4) is 0 Å². The Kier molecular flexibility index (Phi) is 8.78. The lowest BCUT2D eigenvalue weighted by Gasteiger charge is -2.39. The average molecular weight is 516 g/mol. The van der Waals surface area contributed by atoms with Crippen molar-refractivity contribution in [2.24, 2.45) is 0 Å². The SMILES string of the molecule is C[C@@H]([C@H](OP(c1ccccc1)c1ccccc1)c1ccccc1)N(C)C(c1ccccc1)c1ccccc1. The zero-order valence-electron chi connectivity index (χ0n) is 22.0. The van der Waals surface area contributed by atoms with Gasteiger partial charge in [0.25, 0.3) is 0 Å². The summed E-state index contributed by atoms with van der Waals surface area (Å²) in [7, 11) is 1.20. The van der Waals surface area contributed by atoms with Gasteiger partial charge in [0.05, 0.1) is 14.2 Å². The van der Waals surface area contributed by atoms with E-state index in [2.05, 4.69) is 171 Å². The lowest BCUT2D eigenvalue weighted by molar-refractivity contribution is 0.0863. The largest absolute Gasteiger partial charge is 0.340 e. The average Bonchev–Trinajstić information content (AvgIpc) is 3.00. The van der Waals surface area contributed by atoms with Gasteiger partial charge in [-0.25, -0.2) is 0 Å². The predicted molar refractivity (Wildman–Crippen MR) is 161 cm³/mol. The van der Waals surface area contributed by atoms with Crippen LogP contribution in [-0.4, -0.2) is 18.0 Å². The summed E-state index contributed by atoms with van der Waals surface area (Å²) in [6, 6.07) is 53.7. The first-order valence-electron chi connectivity index (χ1n) is 13.2. The Morgan fingerprint density at radius 2 is 0.842 bits per heavy atom. The van der Waals surface area contributed by atoms with Crippen LogP contribution in [-0.2, 0) is 4.52 Å². The van der Waals surface area contributed by atoms with E-state index in [1.807, 2.05) is 0 Å². The number of likely N-dealkylation sites (N-methyl/N-ethyl adjacent to an activating group) is 1. The van der Waals surface area contributed by atoms with Crippen molar-refractivity contribution in [2.45, 2.75) is 25.1 Å². The minimum absolute atomic E-state index is 0.0836. The molecule has 0 N–H and O–H groups in total. The van der Waals surface area contributed by atoms with Crippen molar-refractivity contribution < 1.29 is 4.52 Å². The van der Waals surface area contributed by atoms with Crippen LogP contribution in [0.5, 0.6) is 0 Å². The van der Waals surface area contributed by atoms with Crippen LogP contribution in [0.1, 0.15) is 35.8 Å². The zero-order chi connectivity index (χ0) is 26.2. The molecule has 0 spiro atoms. The van der Waals surface area contributed by atoms with Crippen molar-refractivity contribution in [1.82, 2.24) is 4.90 Å². The van der Waals surface area contributed by atoms with Crippen molar-refractivity contribution in [2.75, 3.05) is 7.05 Å². The minimum Gasteiger partial charge on any atom is -0.340 e. The van der Waals surface area contributed by atoms with Gasteiger partial charge in [0.1, 0.15) is 6.10 Å². The van der Waals surface area contributed by atoms with E-state index in [0.717, 1.165) is 0 Å². The summed E-state index contributed by atoms with van der Waals surface area (Å²) in [5.41, 5.74) is 3.73. The van der Waals surface area contributed by atoms with E-state index in [1.165, 1.54) is 27.3 Å². The topological polar surface area (TPSA) is 12.5 Å². The van der Waals surface area contributed by atoms with Gasteiger partial charge in [-0.3, -0.25) is 4.90 Å². The van der Waals surface area contributed by atoms with E-state index in [0.29, 0.717) is 0 Å². The highest BCUT2D eigenvalue weighted by molar-refractivity contribution is 7.68. The number of rotatable bonds is 10. The summed E-state index contributed by atoms with van der Waals surface area (Å²) < 4.78 is 7.24. The second-order valence-corrected chi connectivity index (χ2v) is 11.4. The molecule has 0 aliphatic heterocycles. The fourth-order valence-electron chi connectivity index (χ4n) is 4.96. The predicted octanol–water partition coefficient (Wildman–Crippen LogP) is 7.90. The Hall–Kier alpha value is -3.55. The molecule has 2 nitrogen and oxygen atoms in total. The lowest BCUT2D eigenvalue weighted by Crippen LogP contribution is -2.39. The highest BCUT2D eigenvalue weighted by Crippen LogP contribution is 2.44. The van der Waals surface area contributed by atoms with Crippen LogP contribution in [0.2, 0.25) is 0 Å². The molecule has 190 valence electrons. The van der Waals surface area contributed by atoms with Crippen LogP contribution in [0, 0.1) is 0 Å². The lowest BCUT2D eigenvalue weighted by atomic mass is 9.94. The molecule has 0 saturated carbocycles. The van der Waals surface area contributed by atoms with Crippen LogP contribution < -0.4 is 10.6 Å². The third-order valence-electron chi connectivity index (χ3n) is 7.05. The molecule has 0 aliphatic rings. The Morgan fingerprint density at radius 3 is 1.24 bits per heavy atom. The van der Waals surface area contributed by atoms with Crippen LogP contribution >= 0.6 is 8.15 Å². The summed E-state index contributed by atoms with van der Waals surface area (Å²) in [6.45, 7) is 2.29. The van der Waals surface area contributed by atoms with Crippen molar-refractivity contribution in [3.63, 3.8) is 0 Å². The van der Waals surface area contributed by atoms with Gasteiger partial charge >= 0.3 is 0 Å². The van der Waals surface area contributed by atoms with Gasteiger partial charge < -0.3 is 4.52 Å². The highest BCUT2D eigenvalue weighted by Gasteiger charge is 2.32. The van der Waals surface area contributed by atoms with Crippen LogP contribution in [0.4, 0.5) is 0 Å². The molecule has 0 aliphatic carbocycles.